The first-order chi connectivity index (χ1) is 12.1. The molecule has 0 aliphatic carbocycles. The highest BCUT2D eigenvalue weighted by atomic mass is 16.7. The molecule has 0 atom stereocenters. The van der Waals surface area contributed by atoms with Crippen LogP contribution < -0.4 is 0 Å². The molecule has 0 radical (unpaired) electrons. The fraction of sp³-hybridized carbons (Fsp3) is 0.579. The Morgan fingerprint density at radius 2 is 1.20 bits per heavy atom. The lowest BCUT2D eigenvalue weighted by atomic mass is 9.95. The van der Waals surface area contributed by atoms with Crippen LogP contribution in [0.3, 0.4) is 0 Å². The van der Waals surface area contributed by atoms with Gasteiger partial charge in [0.1, 0.15) is 0 Å². The summed E-state index contributed by atoms with van der Waals surface area (Å²) in [7, 11) is 0. The quantitative estimate of drug-likeness (QED) is 0.780. The third-order valence-electron chi connectivity index (χ3n) is 3.42. The summed E-state index contributed by atoms with van der Waals surface area (Å²) < 4.78 is 31.7. The van der Waals surface area contributed by atoms with Gasteiger partial charge in [0, 0.05) is 5.41 Å². The molecular weight excluding hydrogens is 324 g/mol. The van der Waals surface area contributed by atoms with Gasteiger partial charge in [-0.2, -0.15) is 0 Å². The number of hydrogen-bond acceptors (Lipinski definition) is 6. The normalized spacial score (nSPS) is 20.3. The smallest absolute Gasteiger partial charge is 0.217 e. The molecule has 2 saturated heterocycles. The summed E-state index contributed by atoms with van der Waals surface area (Å²) in [5.41, 5.74) is 0.114. The van der Waals surface area contributed by atoms with Crippen molar-refractivity contribution in [2.75, 3.05) is 26.4 Å². The number of ether oxygens (including phenoxy) is 4. The maximum absolute atomic E-state index is 5.52. The number of furan rings is 2. The fourth-order valence-electron chi connectivity index (χ4n) is 2.23. The zero-order valence-electron chi connectivity index (χ0n) is 15.4. The maximum Gasteiger partial charge on any atom is 0.217 e. The average molecular weight is 352 g/mol. The first kappa shape index (κ1) is 19.7. The van der Waals surface area contributed by atoms with Crippen LogP contribution in [0.15, 0.2) is 45.6 Å². The van der Waals surface area contributed by atoms with Crippen LogP contribution >= 0.6 is 0 Å². The summed E-state index contributed by atoms with van der Waals surface area (Å²) in [5.74, 6) is 1.49. The minimum absolute atomic E-state index is 0.114. The molecule has 6 heteroatoms. The van der Waals surface area contributed by atoms with Crippen LogP contribution in [0.1, 0.15) is 51.8 Å². The van der Waals surface area contributed by atoms with E-state index in [0.29, 0.717) is 26.4 Å². The van der Waals surface area contributed by atoms with Crippen molar-refractivity contribution < 1.29 is 27.8 Å². The van der Waals surface area contributed by atoms with Gasteiger partial charge in [0.15, 0.2) is 11.5 Å². The Bertz CT molecular complexity index is 545. The molecule has 0 bridgehead atoms. The van der Waals surface area contributed by atoms with E-state index in [4.69, 9.17) is 27.8 Å². The topological polar surface area (TPSA) is 63.2 Å². The molecule has 2 aliphatic heterocycles. The van der Waals surface area contributed by atoms with Gasteiger partial charge in [0.2, 0.25) is 12.6 Å². The van der Waals surface area contributed by atoms with E-state index in [2.05, 4.69) is 13.8 Å². The molecule has 0 N–H and O–H groups in total. The molecule has 0 unspecified atom stereocenters. The Labute approximate surface area is 149 Å². The van der Waals surface area contributed by atoms with Gasteiger partial charge in [-0.25, -0.2) is 0 Å². The third kappa shape index (κ3) is 6.01. The van der Waals surface area contributed by atoms with E-state index in [-0.39, 0.29) is 18.0 Å². The largest absolute Gasteiger partial charge is 0.464 e. The van der Waals surface area contributed by atoms with Gasteiger partial charge in [-0.15, -0.1) is 0 Å². The summed E-state index contributed by atoms with van der Waals surface area (Å²) in [6.45, 7) is 11.0. The van der Waals surface area contributed by atoms with E-state index in [1.807, 2.05) is 38.1 Å². The fourth-order valence-corrected chi connectivity index (χ4v) is 2.23. The van der Waals surface area contributed by atoms with E-state index in [1.54, 1.807) is 12.5 Å². The van der Waals surface area contributed by atoms with Crippen LogP contribution in [0.25, 0.3) is 0 Å². The lowest BCUT2D eigenvalue weighted by molar-refractivity contribution is -0.233. The van der Waals surface area contributed by atoms with Gasteiger partial charge >= 0.3 is 0 Å². The van der Waals surface area contributed by atoms with Crippen LogP contribution in [-0.4, -0.2) is 26.4 Å². The third-order valence-corrected chi connectivity index (χ3v) is 3.42. The van der Waals surface area contributed by atoms with Crippen molar-refractivity contribution in [3.63, 3.8) is 0 Å². The summed E-state index contributed by atoms with van der Waals surface area (Å²) in [6, 6.07) is 7.36. The van der Waals surface area contributed by atoms with E-state index in [1.165, 1.54) is 0 Å². The number of hydrogen-bond donors (Lipinski definition) is 0. The Kier molecular flexibility index (Phi) is 7.71. The summed E-state index contributed by atoms with van der Waals surface area (Å²) in [6.07, 6.45) is 2.65. The Balaban J connectivity index is 0.000000168. The molecule has 6 nitrogen and oxygen atoms in total. The van der Waals surface area contributed by atoms with Crippen LogP contribution in [-0.2, 0) is 18.9 Å². The van der Waals surface area contributed by atoms with Gasteiger partial charge in [0.25, 0.3) is 0 Å². The van der Waals surface area contributed by atoms with Gasteiger partial charge in [-0.05, 0) is 24.3 Å². The molecule has 2 aromatic heterocycles. The second-order valence-electron chi connectivity index (χ2n) is 6.22. The van der Waals surface area contributed by atoms with E-state index in [0.717, 1.165) is 11.5 Å². The second-order valence-corrected chi connectivity index (χ2v) is 6.22. The lowest BCUT2D eigenvalue weighted by Gasteiger charge is -2.33. The predicted octanol–water partition coefficient (Wildman–Crippen LogP) is 4.70. The summed E-state index contributed by atoms with van der Waals surface area (Å²) in [5, 5.41) is 0. The van der Waals surface area contributed by atoms with E-state index < -0.39 is 0 Å². The zero-order chi connectivity index (χ0) is 18.1. The van der Waals surface area contributed by atoms with Crippen molar-refractivity contribution in [2.45, 2.75) is 40.3 Å². The molecule has 0 aromatic carbocycles. The van der Waals surface area contributed by atoms with Crippen LogP contribution in [0.5, 0.6) is 0 Å². The molecule has 0 spiro atoms. The standard InChI is InChI=1S/C10H14O3.C7H8O3.C2H6/c1-10(2)6-12-9(13-7-10)8-4-3-5-11-8;1-2-6(8-3-1)7-9-4-5-10-7;1-2/h3-5,9H,6-7H2,1-2H3;1-3,7H,4-5H2;1-2H3. The Morgan fingerprint density at radius 3 is 1.60 bits per heavy atom. The van der Waals surface area contributed by atoms with Crippen molar-refractivity contribution in [2.24, 2.45) is 5.41 Å². The van der Waals surface area contributed by atoms with Crippen molar-refractivity contribution in [3.05, 3.63) is 48.3 Å². The van der Waals surface area contributed by atoms with Gasteiger partial charge in [-0.1, -0.05) is 27.7 Å². The highest BCUT2D eigenvalue weighted by molar-refractivity contribution is 5.01. The lowest BCUT2D eigenvalue weighted by Crippen LogP contribution is -2.33. The van der Waals surface area contributed by atoms with Crippen molar-refractivity contribution >= 4 is 0 Å². The molecular formula is C19H28O6. The molecule has 25 heavy (non-hydrogen) atoms. The van der Waals surface area contributed by atoms with Gasteiger partial charge in [-0.3, -0.25) is 0 Å². The first-order valence-corrected chi connectivity index (χ1v) is 8.67. The van der Waals surface area contributed by atoms with Crippen molar-refractivity contribution in [3.8, 4) is 0 Å². The Morgan fingerprint density at radius 1 is 0.760 bits per heavy atom. The maximum atomic E-state index is 5.52. The van der Waals surface area contributed by atoms with Crippen LogP contribution in [0.4, 0.5) is 0 Å². The molecule has 4 heterocycles. The minimum atomic E-state index is -0.317. The molecule has 0 amide bonds. The van der Waals surface area contributed by atoms with Gasteiger partial charge < -0.3 is 27.8 Å². The highest BCUT2D eigenvalue weighted by Crippen LogP contribution is 2.30. The second kappa shape index (κ2) is 9.77. The average Bonchev–Trinajstić information content (AvgIpc) is 3.38. The zero-order valence-corrected chi connectivity index (χ0v) is 15.4. The molecule has 2 aliphatic rings. The SMILES string of the molecule is CC.CC1(C)COC(c2ccco2)OC1.c1coc(C2OCCO2)c1. The van der Waals surface area contributed by atoms with Crippen LogP contribution in [0.2, 0.25) is 0 Å². The first-order valence-electron chi connectivity index (χ1n) is 8.67. The van der Waals surface area contributed by atoms with Gasteiger partial charge in [0.05, 0.1) is 39.0 Å². The molecule has 2 fully saturated rings. The monoisotopic (exact) mass is 352 g/mol. The van der Waals surface area contributed by atoms with Crippen molar-refractivity contribution in [1.82, 2.24) is 0 Å². The number of rotatable bonds is 2. The molecule has 0 saturated carbocycles. The van der Waals surface area contributed by atoms with E-state index in [9.17, 15) is 0 Å². The van der Waals surface area contributed by atoms with E-state index >= 15 is 0 Å². The molecule has 140 valence electrons. The highest BCUT2D eigenvalue weighted by Gasteiger charge is 2.30. The molecule has 2 aromatic rings. The predicted molar refractivity (Wildman–Crippen MR) is 91.8 cm³/mol. The van der Waals surface area contributed by atoms with Crippen LogP contribution in [0, 0.1) is 5.41 Å². The Hall–Kier alpha value is -1.60. The summed E-state index contributed by atoms with van der Waals surface area (Å²) in [4.78, 5) is 0. The molecule has 4 rings (SSSR count). The summed E-state index contributed by atoms with van der Waals surface area (Å²) >= 11 is 0. The van der Waals surface area contributed by atoms with Crippen molar-refractivity contribution in [1.29, 1.82) is 0 Å². The minimum Gasteiger partial charge on any atom is -0.464 e.